The van der Waals surface area contributed by atoms with Gasteiger partial charge in [-0.3, -0.25) is 4.79 Å². The van der Waals surface area contributed by atoms with Gasteiger partial charge in [0.15, 0.2) is 0 Å². The Morgan fingerprint density at radius 3 is 2.71 bits per heavy atom. The SMILES string of the molecule is Cc1ccccc1C(C)(C)CNC(=O)[C@@H]1CCC[C@@H]1CN. The van der Waals surface area contributed by atoms with Gasteiger partial charge in [0.1, 0.15) is 0 Å². The Morgan fingerprint density at radius 1 is 1.33 bits per heavy atom. The Hall–Kier alpha value is -1.35. The average Bonchev–Trinajstić information content (AvgIpc) is 2.93. The molecular weight excluding hydrogens is 260 g/mol. The minimum absolute atomic E-state index is 0.0577. The highest BCUT2D eigenvalue weighted by atomic mass is 16.1. The van der Waals surface area contributed by atoms with Gasteiger partial charge in [-0.05, 0) is 43.4 Å². The number of benzene rings is 1. The molecule has 0 heterocycles. The molecule has 0 radical (unpaired) electrons. The van der Waals surface area contributed by atoms with E-state index in [0.29, 0.717) is 19.0 Å². The predicted molar refractivity (Wildman–Crippen MR) is 87.1 cm³/mol. The van der Waals surface area contributed by atoms with Crippen LogP contribution in [-0.4, -0.2) is 19.0 Å². The van der Waals surface area contributed by atoms with Gasteiger partial charge in [-0.25, -0.2) is 0 Å². The van der Waals surface area contributed by atoms with Crippen molar-refractivity contribution >= 4 is 5.91 Å². The summed E-state index contributed by atoms with van der Waals surface area (Å²) in [5, 5.41) is 3.16. The summed E-state index contributed by atoms with van der Waals surface area (Å²) < 4.78 is 0. The Morgan fingerprint density at radius 2 is 2.05 bits per heavy atom. The van der Waals surface area contributed by atoms with E-state index >= 15 is 0 Å². The molecule has 0 bridgehead atoms. The van der Waals surface area contributed by atoms with Crippen molar-refractivity contribution in [1.29, 1.82) is 0 Å². The number of hydrogen-bond donors (Lipinski definition) is 2. The van der Waals surface area contributed by atoms with E-state index < -0.39 is 0 Å². The van der Waals surface area contributed by atoms with E-state index in [1.807, 2.05) is 0 Å². The first kappa shape index (κ1) is 16.0. The largest absolute Gasteiger partial charge is 0.355 e. The molecule has 0 saturated heterocycles. The second-order valence-corrected chi connectivity index (χ2v) is 6.95. The number of hydrogen-bond acceptors (Lipinski definition) is 2. The van der Waals surface area contributed by atoms with Crippen LogP contribution in [0, 0.1) is 18.8 Å². The summed E-state index contributed by atoms with van der Waals surface area (Å²) in [6.45, 7) is 7.79. The quantitative estimate of drug-likeness (QED) is 0.875. The minimum atomic E-state index is -0.0577. The third-order valence-corrected chi connectivity index (χ3v) is 4.88. The maximum absolute atomic E-state index is 12.4. The van der Waals surface area contributed by atoms with Crippen molar-refractivity contribution in [1.82, 2.24) is 5.32 Å². The van der Waals surface area contributed by atoms with Gasteiger partial charge in [0.25, 0.3) is 0 Å². The van der Waals surface area contributed by atoms with Gasteiger partial charge in [0.2, 0.25) is 5.91 Å². The number of amides is 1. The van der Waals surface area contributed by atoms with Crippen LogP contribution in [0.2, 0.25) is 0 Å². The number of nitrogens with one attached hydrogen (secondary N) is 1. The lowest BCUT2D eigenvalue weighted by Crippen LogP contribution is -2.41. The lowest BCUT2D eigenvalue weighted by molar-refractivity contribution is -0.126. The first-order valence-corrected chi connectivity index (χ1v) is 7.99. The van der Waals surface area contributed by atoms with Crippen LogP contribution in [0.5, 0.6) is 0 Å². The van der Waals surface area contributed by atoms with E-state index in [0.717, 1.165) is 19.3 Å². The third kappa shape index (κ3) is 3.65. The summed E-state index contributed by atoms with van der Waals surface area (Å²) in [7, 11) is 0. The standard InChI is InChI=1S/C18H28N2O/c1-13-7-4-5-10-16(13)18(2,3)12-20-17(21)15-9-6-8-14(15)11-19/h4-5,7,10,14-15H,6,8-9,11-12,19H2,1-3H3,(H,20,21)/t14-,15-/m1/s1. The fourth-order valence-corrected chi connectivity index (χ4v) is 3.53. The van der Waals surface area contributed by atoms with Crippen molar-refractivity contribution in [3.05, 3.63) is 35.4 Å². The monoisotopic (exact) mass is 288 g/mol. The zero-order valence-corrected chi connectivity index (χ0v) is 13.5. The van der Waals surface area contributed by atoms with Crippen molar-refractivity contribution in [3.63, 3.8) is 0 Å². The van der Waals surface area contributed by atoms with Crippen LogP contribution in [0.4, 0.5) is 0 Å². The molecule has 2 rings (SSSR count). The first-order valence-electron chi connectivity index (χ1n) is 7.99. The highest BCUT2D eigenvalue weighted by Gasteiger charge is 2.33. The summed E-state index contributed by atoms with van der Waals surface area (Å²) in [4.78, 5) is 12.4. The minimum Gasteiger partial charge on any atom is -0.355 e. The fraction of sp³-hybridized carbons (Fsp3) is 0.611. The Labute approximate surface area is 128 Å². The molecule has 3 nitrogen and oxygen atoms in total. The van der Waals surface area contributed by atoms with Crippen molar-refractivity contribution in [3.8, 4) is 0 Å². The summed E-state index contributed by atoms with van der Waals surface area (Å²) in [5.74, 6) is 0.666. The summed E-state index contributed by atoms with van der Waals surface area (Å²) >= 11 is 0. The Kier molecular flexibility index (Phi) is 5.04. The van der Waals surface area contributed by atoms with Crippen LogP contribution in [0.15, 0.2) is 24.3 Å². The number of carbonyl (C=O) groups is 1. The molecule has 21 heavy (non-hydrogen) atoms. The van der Waals surface area contributed by atoms with E-state index in [2.05, 4.69) is 50.4 Å². The molecule has 1 saturated carbocycles. The molecule has 116 valence electrons. The smallest absolute Gasteiger partial charge is 0.223 e. The van der Waals surface area contributed by atoms with E-state index in [1.165, 1.54) is 11.1 Å². The number of nitrogens with two attached hydrogens (primary N) is 1. The van der Waals surface area contributed by atoms with E-state index in [4.69, 9.17) is 5.73 Å². The molecule has 0 aliphatic heterocycles. The van der Waals surface area contributed by atoms with Crippen molar-refractivity contribution < 1.29 is 4.79 Å². The molecule has 1 aromatic carbocycles. The lowest BCUT2D eigenvalue weighted by atomic mass is 9.82. The fourth-order valence-electron chi connectivity index (χ4n) is 3.53. The molecule has 0 spiro atoms. The molecule has 2 atom stereocenters. The number of rotatable bonds is 5. The van der Waals surface area contributed by atoms with Gasteiger partial charge in [0.05, 0.1) is 0 Å². The predicted octanol–water partition coefficient (Wildman–Crippen LogP) is 2.76. The van der Waals surface area contributed by atoms with Crippen LogP contribution < -0.4 is 11.1 Å². The second-order valence-electron chi connectivity index (χ2n) is 6.95. The van der Waals surface area contributed by atoms with Gasteiger partial charge in [-0.1, -0.05) is 44.5 Å². The Bertz CT molecular complexity index is 496. The van der Waals surface area contributed by atoms with Crippen LogP contribution in [0.3, 0.4) is 0 Å². The van der Waals surface area contributed by atoms with Crippen molar-refractivity contribution in [2.24, 2.45) is 17.6 Å². The van der Waals surface area contributed by atoms with Crippen molar-refractivity contribution in [2.45, 2.75) is 45.4 Å². The summed E-state index contributed by atoms with van der Waals surface area (Å²) in [6, 6.07) is 8.39. The maximum Gasteiger partial charge on any atom is 0.223 e. The molecule has 0 aromatic heterocycles. The third-order valence-electron chi connectivity index (χ3n) is 4.88. The highest BCUT2D eigenvalue weighted by molar-refractivity contribution is 5.79. The molecular formula is C18H28N2O. The molecule has 3 N–H and O–H groups in total. The van der Waals surface area contributed by atoms with Crippen LogP contribution >= 0.6 is 0 Å². The average molecular weight is 288 g/mol. The molecule has 1 fully saturated rings. The second kappa shape index (κ2) is 6.61. The first-order chi connectivity index (χ1) is 9.95. The number of aryl methyl sites for hydroxylation is 1. The van der Waals surface area contributed by atoms with Gasteiger partial charge < -0.3 is 11.1 Å². The van der Waals surface area contributed by atoms with Crippen LogP contribution in [0.25, 0.3) is 0 Å². The molecule has 0 unspecified atom stereocenters. The number of carbonyl (C=O) groups excluding carboxylic acids is 1. The molecule has 3 heteroatoms. The normalized spacial score (nSPS) is 22.3. The van der Waals surface area contributed by atoms with E-state index in [9.17, 15) is 4.79 Å². The van der Waals surface area contributed by atoms with Crippen LogP contribution in [-0.2, 0) is 10.2 Å². The zero-order valence-electron chi connectivity index (χ0n) is 13.5. The van der Waals surface area contributed by atoms with Crippen LogP contribution in [0.1, 0.15) is 44.2 Å². The maximum atomic E-state index is 12.4. The van der Waals surface area contributed by atoms with Gasteiger partial charge in [-0.15, -0.1) is 0 Å². The van der Waals surface area contributed by atoms with Gasteiger partial charge in [0, 0.05) is 17.9 Å². The molecule has 1 aliphatic carbocycles. The Balaban J connectivity index is 1.98. The van der Waals surface area contributed by atoms with E-state index in [1.54, 1.807) is 0 Å². The summed E-state index contributed by atoms with van der Waals surface area (Å²) in [5.41, 5.74) is 8.29. The molecule has 1 aromatic rings. The van der Waals surface area contributed by atoms with Gasteiger partial charge in [-0.2, -0.15) is 0 Å². The van der Waals surface area contributed by atoms with Crippen molar-refractivity contribution in [2.75, 3.05) is 13.1 Å². The lowest BCUT2D eigenvalue weighted by Gasteiger charge is -2.28. The summed E-state index contributed by atoms with van der Waals surface area (Å²) in [6.07, 6.45) is 3.20. The molecule has 1 amide bonds. The molecule has 1 aliphatic rings. The topological polar surface area (TPSA) is 55.1 Å². The van der Waals surface area contributed by atoms with E-state index in [-0.39, 0.29) is 17.2 Å². The zero-order chi connectivity index (χ0) is 15.5. The highest BCUT2D eigenvalue weighted by Crippen LogP contribution is 2.31. The van der Waals surface area contributed by atoms with Gasteiger partial charge >= 0.3 is 0 Å².